The number of guanidine groups is 1. The van der Waals surface area contributed by atoms with E-state index in [1.165, 1.54) is 7.11 Å². The fourth-order valence-electron chi connectivity index (χ4n) is 3.05. The monoisotopic (exact) mass is 461 g/mol. The van der Waals surface area contributed by atoms with Crippen LogP contribution in [0.15, 0.2) is 29.3 Å². The number of nitrogens with one attached hydrogen (secondary N) is 1. The number of hydrogen-bond donors (Lipinski definition) is 2. The van der Waals surface area contributed by atoms with Crippen molar-refractivity contribution >= 4 is 35.9 Å². The lowest BCUT2D eigenvalue weighted by atomic mass is 9.99. The van der Waals surface area contributed by atoms with Gasteiger partial charge in [0, 0.05) is 19.6 Å². The molecule has 0 aliphatic carbocycles. The number of nitrogens with zero attached hydrogens (tertiary/aromatic N) is 2. The van der Waals surface area contributed by atoms with Gasteiger partial charge in [-0.05, 0) is 24.0 Å². The molecule has 2 atom stereocenters. The molecule has 0 saturated carbocycles. The fourth-order valence-corrected chi connectivity index (χ4v) is 3.05. The van der Waals surface area contributed by atoms with E-state index >= 15 is 0 Å². The minimum Gasteiger partial charge on any atom is -0.469 e. The Balaban J connectivity index is 0.00000312. The maximum Gasteiger partial charge on any atom is 0.310 e. The minimum absolute atomic E-state index is 0. The van der Waals surface area contributed by atoms with Crippen molar-refractivity contribution < 1.29 is 14.6 Å². The number of esters is 1. The number of hydrogen-bond acceptors (Lipinski definition) is 4. The maximum atomic E-state index is 11.9. The van der Waals surface area contributed by atoms with Gasteiger partial charge >= 0.3 is 5.97 Å². The molecule has 1 aliphatic rings. The predicted molar refractivity (Wildman–Crippen MR) is 109 cm³/mol. The number of rotatable bonds is 5. The highest BCUT2D eigenvalue weighted by Crippen LogP contribution is 2.24. The number of halogens is 1. The van der Waals surface area contributed by atoms with Crippen molar-refractivity contribution in [3.63, 3.8) is 0 Å². The van der Waals surface area contributed by atoms with E-state index in [1.807, 2.05) is 31.2 Å². The first kappa shape index (κ1) is 21.7. The molecule has 0 radical (unpaired) electrons. The average molecular weight is 461 g/mol. The Morgan fingerprint density at radius 1 is 1.36 bits per heavy atom. The SMILES string of the molecule is CCNC(=NCc1ccccc1CO)N1CC(C)C(C(=O)OC)C1.I. The summed E-state index contributed by atoms with van der Waals surface area (Å²) in [5.74, 6) is 0.740. The topological polar surface area (TPSA) is 74.2 Å². The molecule has 140 valence electrons. The van der Waals surface area contributed by atoms with E-state index in [0.29, 0.717) is 13.1 Å². The van der Waals surface area contributed by atoms with Gasteiger partial charge in [-0.1, -0.05) is 31.2 Å². The number of benzene rings is 1. The lowest BCUT2D eigenvalue weighted by Crippen LogP contribution is -2.40. The highest BCUT2D eigenvalue weighted by Gasteiger charge is 2.36. The molecule has 25 heavy (non-hydrogen) atoms. The van der Waals surface area contributed by atoms with Crippen molar-refractivity contribution in [1.29, 1.82) is 0 Å². The van der Waals surface area contributed by atoms with Gasteiger partial charge in [0.2, 0.25) is 0 Å². The molecule has 2 N–H and O–H groups in total. The Hall–Kier alpha value is -1.35. The molecule has 1 aromatic rings. The summed E-state index contributed by atoms with van der Waals surface area (Å²) in [5, 5.41) is 12.7. The summed E-state index contributed by atoms with van der Waals surface area (Å²) in [6.45, 7) is 6.73. The van der Waals surface area contributed by atoms with Crippen LogP contribution in [0.1, 0.15) is 25.0 Å². The van der Waals surface area contributed by atoms with Crippen LogP contribution in [0.25, 0.3) is 0 Å². The molecule has 6 nitrogen and oxygen atoms in total. The van der Waals surface area contributed by atoms with Crippen molar-refractivity contribution in [3.8, 4) is 0 Å². The van der Waals surface area contributed by atoms with Crippen molar-refractivity contribution in [2.45, 2.75) is 27.0 Å². The number of carbonyl (C=O) groups is 1. The van der Waals surface area contributed by atoms with E-state index in [1.54, 1.807) is 0 Å². The van der Waals surface area contributed by atoms with Gasteiger partial charge in [-0.25, -0.2) is 4.99 Å². The van der Waals surface area contributed by atoms with Crippen LogP contribution in [0, 0.1) is 11.8 Å². The molecule has 1 heterocycles. The van der Waals surface area contributed by atoms with Crippen LogP contribution in [0.5, 0.6) is 0 Å². The van der Waals surface area contributed by atoms with Crippen molar-refractivity contribution in [3.05, 3.63) is 35.4 Å². The van der Waals surface area contributed by atoms with E-state index < -0.39 is 0 Å². The molecule has 1 fully saturated rings. The molecule has 0 spiro atoms. The Kier molecular flexibility index (Phi) is 9.20. The maximum absolute atomic E-state index is 11.9. The van der Waals surface area contributed by atoms with E-state index in [2.05, 4.69) is 17.1 Å². The molecule has 1 aromatic carbocycles. The van der Waals surface area contributed by atoms with E-state index in [9.17, 15) is 9.90 Å². The summed E-state index contributed by atoms with van der Waals surface area (Å²) in [6, 6.07) is 7.74. The molecule has 1 saturated heterocycles. The zero-order chi connectivity index (χ0) is 17.5. The van der Waals surface area contributed by atoms with Gasteiger partial charge in [0.05, 0.1) is 26.2 Å². The molecular weight excluding hydrogens is 433 g/mol. The van der Waals surface area contributed by atoms with Crippen LogP contribution < -0.4 is 5.32 Å². The summed E-state index contributed by atoms with van der Waals surface area (Å²) in [6.07, 6.45) is 0. The molecular formula is C18H28IN3O3. The summed E-state index contributed by atoms with van der Waals surface area (Å²) in [7, 11) is 1.43. The number of aliphatic imine (C=N–C) groups is 1. The second kappa shape index (κ2) is 10.6. The number of aliphatic hydroxyl groups excluding tert-OH is 1. The van der Waals surface area contributed by atoms with Gasteiger partial charge in [0.15, 0.2) is 5.96 Å². The first-order valence-corrected chi connectivity index (χ1v) is 8.39. The number of carbonyl (C=O) groups excluding carboxylic acids is 1. The first-order valence-electron chi connectivity index (χ1n) is 8.39. The molecule has 2 rings (SSSR count). The van der Waals surface area contributed by atoms with Gasteiger partial charge in [0.1, 0.15) is 0 Å². The van der Waals surface area contributed by atoms with Gasteiger partial charge < -0.3 is 20.1 Å². The van der Waals surface area contributed by atoms with Crippen molar-refractivity contribution in [1.82, 2.24) is 10.2 Å². The summed E-state index contributed by atoms with van der Waals surface area (Å²) >= 11 is 0. The second-order valence-electron chi connectivity index (χ2n) is 6.11. The summed E-state index contributed by atoms with van der Waals surface area (Å²) in [4.78, 5) is 18.7. The zero-order valence-corrected chi connectivity index (χ0v) is 17.4. The Bertz CT molecular complexity index is 595. The van der Waals surface area contributed by atoms with Gasteiger partial charge in [0.25, 0.3) is 0 Å². The van der Waals surface area contributed by atoms with Crippen LogP contribution in [0.2, 0.25) is 0 Å². The third-order valence-corrected chi connectivity index (χ3v) is 4.44. The van der Waals surface area contributed by atoms with E-state index in [4.69, 9.17) is 9.73 Å². The number of methoxy groups -OCH3 is 1. The van der Waals surface area contributed by atoms with Gasteiger partial charge in [-0.3, -0.25) is 4.79 Å². The first-order chi connectivity index (χ1) is 11.6. The largest absolute Gasteiger partial charge is 0.469 e. The lowest BCUT2D eigenvalue weighted by Gasteiger charge is -2.21. The minimum atomic E-state index is -0.161. The van der Waals surface area contributed by atoms with Crippen LogP contribution in [-0.2, 0) is 22.7 Å². The van der Waals surface area contributed by atoms with Crippen molar-refractivity contribution in [2.75, 3.05) is 26.7 Å². The molecule has 2 unspecified atom stereocenters. The van der Waals surface area contributed by atoms with Crippen LogP contribution >= 0.6 is 24.0 Å². The normalized spacial score (nSPS) is 20.2. The van der Waals surface area contributed by atoms with Crippen LogP contribution in [-0.4, -0.2) is 48.7 Å². The fraction of sp³-hybridized carbons (Fsp3) is 0.556. The van der Waals surface area contributed by atoms with Gasteiger partial charge in [-0.2, -0.15) is 0 Å². The lowest BCUT2D eigenvalue weighted by molar-refractivity contribution is -0.145. The molecule has 0 amide bonds. The number of aliphatic hydroxyl groups is 1. The van der Waals surface area contributed by atoms with Crippen molar-refractivity contribution in [2.24, 2.45) is 16.8 Å². The van der Waals surface area contributed by atoms with Crippen LogP contribution in [0.4, 0.5) is 0 Å². The Morgan fingerprint density at radius 2 is 2.04 bits per heavy atom. The molecule has 0 bridgehead atoms. The van der Waals surface area contributed by atoms with Crippen LogP contribution in [0.3, 0.4) is 0 Å². The molecule has 7 heteroatoms. The number of ether oxygens (including phenoxy) is 1. The average Bonchev–Trinajstić information content (AvgIpc) is 2.99. The Morgan fingerprint density at radius 3 is 2.64 bits per heavy atom. The zero-order valence-electron chi connectivity index (χ0n) is 15.1. The predicted octanol–water partition coefficient (Wildman–Crippen LogP) is 2.00. The molecule has 0 aromatic heterocycles. The standard InChI is InChI=1S/C18H27N3O3.HI/c1-4-19-18(20-9-14-7-5-6-8-15(14)12-22)21-10-13(2)16(11-21)17(23)24-3;/h5-8,13,16,22H,4,9-12H2,1-3H3,(H,19,20);1H. The van der Waals surface area contributed by atoms with E-state index in [0.717, 1.165) is 30.2 Å². The Labute approximate surface area is 166 Å². The third-order valence-electron chi connectivity index (χ3n) is 4.44. The quantitative estimate of drug-likeness (QED) is 0.304. The van der Waals surface area contributed by atoms with Gasteiger partial charge in [-0.15, -0.1) is 24.0 Å². The molecule has 1 aliphatic heterocycles. The van der Waals surface area contributed by atoms with E-state index in [-0.39, 0.29) is 48.4 Å². The highest BCUT2D eigenvalue weighted by atomic mass is 127. The second-order valence-corrected chi connectivity index (χ2v) is 6.11. The smallest absolute Gasteiger partial charge is 0.310 e. The highest BCUT2D eigenvalue weighted by molar-refractivity contribution is 14.0. The third kappa shape index (κ3) is 5.57. The summed E-state index contributed by atoms with van der Waals surface area (Å²) in [5.41, 5.74) is 1.89. The number of likely N-dealkylation sites (tertiary alicyclic amines) is 1. The summed E-state index contributed by atoms with van der Waals surface area (Å²) < 4.78 is 4.90.